The summed E-state index contributed by atoms with van der Waals surface area (Å²) < 4.78 is 19.3. The van der Waals surface area contributed by atoms with Gasteiger partial charge in [0.05, 0.1) is 4.47 Å². The zero-order chi connectivity index (χ0) is 13.8. The van der Waals surface area contributed by atoms with Crippen molar-refractivity contribution in [1.29, 1.82) is 0 Å². The van der Waals surface area contributed by atoms with Gasteiger partial charge >= 0.3 is 0 Å². The molecule has 0 aliphatic carbocycles. The summed E-state index contributed by atoms with van der Waals surface area (Å²) in [4.78, 5) is 10.3. The highest BCUT2D eigenvalue weighted by molar-refractivity contribution is 9.10. The molecule has 1 unspecified atom stereocenters. The van der Waals surface area contributed by atoms with Crippen molar-refractivity contribution in [1.82, 2.24) is 0 Å². The topological polar surface area (TPSA) is 38.7 Å². The molecular weight excluding hydrogens is 337 g/mol. The lowest BCUT2D eigenvalue weighted by molar-refractivity contribution is 0.473. The fourth-order valence-corrected chi connectivity index (χ4v) is 1.91. The highest BCUT2D eigenvalue weighted by Crippen LogP contribution is 2.31. The lowest BCUT2D eigenvalue weighted by Gasteiger charge is -2.08. The van der Waals surface area contributed by atoms with Gasteiger partial charge in [0, 0.05) is 6.07 Å². The number of hydrogen-bond acceptors (Lipinski definition) is 3. The number of benzene rings is 2. The van der Waals surface area contributed by atoms with Gasteiger partial charge in [-0.3, -0.25) is 0 Å². The van der Waals surface area contributed by atoms with E-state index in [1.807, 2.05) is 0 Å². The first-order valence-corrected chi connectivity index (χ1v) is 6.52. The molecule has 0 bridgehead atoms. The summed E-state index contributed by atoms with van der Waals surface area (Å²) in [7, 11) is 0. The van der Waals surface area contributed by atoms with Crippen molar-refractivity contribution < 1.29 is 9.13 Å². The van der Waals surface area contributed by atoms with Gasteiger partial charge in [-0.1, -0.05) is 23.7 Å². The van der Waals surface area contributed by atoms with Crippen LogP contribution < -0.4 is 4.74 Å². The molecule has 0 aromatic heterocycles. The predicted molar refractivity (Wildman–Crippen MR) is 75.0 cm³/mol. The lowest BCUT2D eigenvalue weighted by atomic mass is 10.2. The number of nitrogens with zero attached hydrogens (tertiary/aromatic N) is 1. The molecule has 2 aromatic carbocycles. The van der Waals surface area contributed by atoms with E-state index < -0.39 is 5.50 Å². The van der Waals surface area contributed by atoms with Crippen molar-refractivity contribution >= 4 is 27.5 Å². The fourth-order valence-electron chi connectivity index (χ4n) is 1.44. The third-order valence-electron chi connectivity index (χ3n) is 2.37. The second kappa shape index (κ2) is 6.12. The zero-order valence-corrected chi connectivity index (χ0v) is 11.9. The van der Waals surface area contributed by atoms with Gasteiger partial charge in [-0.25, -0.2) is 4.39 Å². The quantitative estimate of drug-likeness (QED) is 0.424. The number of halogens is 3. The number of nitroso groups, excluding NO2 is 1. The molecule has 98 valence electrons. The molecule has 0 spiro atoms. The van der Waals surface area contributed by atoms with Crippen molar-refractivity contribution in [2.45, 2.75) is 5.50 Å². The molecule has 1 atom stereocenters. The summed E-state index contributed by atoms with van der Waals surface area (Å²) in [5, 5.41) is 2.72. The molecule has 0 amide bonds. The molecule has 0 heterocycles. The first kappa shape index (κ1) is 14.0. The van der Waals surface area contributed by atoms with Gasteiger partial charge in [0.25, 0.3) is 0 Å². The Labute approximate surface area is 122 Å². The normalized spacial score (nSPS) is 11.9. The zero-order valence-electron chi connectivity index (χ0n) is 9.52. The van der Waals surface area contributed by atoms with E-state index in [0.717, 1.165) is 0 Å². The first-order valence-electron chi connectivity index (χ1n) is 5.29. The van der Waals surface area contributed by atoms with Crippen molar-refractivity contribution in [3.05, 3.63) is 63.2 Å². The van der Waals surface area contributed by atoms with Crippen molar-refractivity contribution in [2.75, 3.05) is 0 Å². The van der Waals surface area contributed by atoms with Crippen LogP contribution in [-0.2, 0) is 0 Å². The van der Waals surface area contributed by atoms with Crippen LogP contribution in [0.25, 0.3) is 0 Å². The summed E-state index contributed by atoms with van der Waals surface area (Å²) in [6, 6.07) is 10.7. The first-order chi connectivity index (χ1) is 9.10. The summed E-state index contributed by atoms with van der Waals surface area (Å²) in [6.45, 7) is 0. The lowest BCUT2D eigenvalue weighted by Crippen LogP contribution is -1.89. The van der Waals surface area contributed by atoms with Crippen molar-refractivity contribution in [3.8, 4) is 11.5 Å². The monoisotopic (exact) mass is 343 g/mol. The molecule has 2 rings (SSSR count). The van der Waals surface area contributed by atoms with Crippen LogP contribution in [0.2, 0.25) is 0 Å². The Bertz CT molecular complexity index is 592. The van der Waals surface area contributed by atoms with Crippen LogP contribution in [-0.4, -0.2) is 0 Å². The fraction of sp³-hybridized carbons (Fsp3) is 0.0769. The summed E-state index contributed by atoms with van der Waals surface area (Å²) in [5.74, 6) is 0.481. The van der Waals surface area contributed by atoms with Gasteiger partial charge in [0.1, 0.15) is 17.3 Å². The molecule has 0 aliphatic rings. The van der Waals surface area contributed by atoms with Gasteiger partial charge in [-0.05, 0) is 50.9 Å². The molecule has 19 heavy (non-hydrogen) atoms. The average molecular weight is 345 g/mol. The molecule has 0 aliphatic heterocycles. The maximum Gasteiger partial charge on any atom is 0.190 e. The van der Waals surface area contributed by atoms with Crippen LogP contribution in [0.5, 0.6) is 11.5 Å². The van der Waals surface area contributed by atoms with E-state index in [0.29, 0.717) is 21.5 Å². The molecule has 0 saturated carbocycles. The van der Waals surface area contributed by atoms with E-state index in [1.165, 1.54) is 12.1 Å². The second-order valence-electron chi connectivity index (χ2n) is 3.69. The molecule has 0 N–H and O–H groups in total. The standard InChI is InChI=1S/C13H8BrClFNO2/c14-11-6-3-9(16)7-12(11)19-10-4-1-8(2-5-10)13(15)17-18/h1-7,13H. The summed E-state index contributed by atoms with van der Waals surface area (Å²) in [5.41, 5.74) is -0.350. The average Bonchev–Trinajstić information content (AvgIpc) is 2.43. The minimum atomic E-state index is -0.921. The third kappa shape index (κ3) is 3.52. The Morgan fingerprint density at radius 3 is 2.53 bits per heavy atom. The van der Waals surface area contributed by atoms with Crippen molar-refractivity contribution in [2.24, 2.45) is 5.18 Å². The number of rotatable bonds is 4. The smallest absolute Gasteiger partial charge is 0.190 e. The largest absolute Gasteiger partial charge is 0.456 e. The maximum absolute atomic E-state index is 13.1. The van der Waals surface area contributed by atoms with Gasteiger partial charge in [-0.2, -0.15) is 0 Å². The summed E-state index contributed by atoms with van der Waals surface area (Å²) >= 11 is 8.94. The van der Waals surface area contributed by atoms with E-state index in [4.69, 9.17) is 16.3 Å². The van der Waals surface area contributed by atoms with Crippen LogP contribution in [0.4, 0.5) is 4.39 Å². The van der Waals surface area contributed by atoms with E-state index in [-0.39, 0.29) is 5.82 Å². The molecule has 6 heteroatoms. The minimum Gasteiger partial charge on any atom is -0.456 e. The minimum absolute atomic E-state index is 0.365. The Morgan fingerprint density at radius 1 is 1.21 bits per heavy atom. The van der Waals surface area contributed by atoms with Crippen LogP contribution in [0, 0.1) is 10.7 Å². The van der Waals surface area contributed by atoms with E-state index >= 15 is 0 Å². The van der Waals surface area contributed by atoms with Crippen LogP contribution in [0.3, 0.4) is 0 Å². The Morgan fingerprint density at radius 2 is 1.89 bits per heavy atom. The highest BCUT2D eigenvalue weighted by Gasteiger charge is 2.08. The van der Waals surface area contributed by atoms with Crippen molar-refractivity contribution in [3.63, 3.8) is 0 Å². The summed E-state index contributed by atoms with van der Waals surface area (Å²) in [6.07, 6.45) is 0. The van der Waals surface area contributed by atoms with Crippen LogP contribution in [0.1, 0.15) is 11.1 Å². The number of alkyl halides is 1. The van der Waals surface area contributed by atoms with E-state index in [9.17, 15) is 9.30 Å². The van der Waals surface area contributed by atoms with Crippen LogP contribution in [0.15, 0.2) is 52.1 Å². The molecule has 3 nitrogen and oxygen atoms in total. The highest BCUT2D eigenvalue weighted by atomic mass is 79.9. The van der Waals surface area contributed by atoms with Gasteiger partial charge < -0.3 is 4.74 Å². The Kier molecular flexibility index (Phi) is 4.50. The molecular formula is C13H8BrClFNO2. The Balaban J connectivity index is 2.19. The number of hydrogen-bond donors (Lipinski definition) is 0. The van der Waals surface area contributed by atoms with E-state index in [2.05, 4.69) is 21.1 Å². The number of ether oxygens (including phenoxy) is 1. The second-order valence-corrected chi connectivity index (χ2v) is 4.95. The Hall–Kier alpha value is -1.46. The molecule has 0 fully saturated rings. The molecule has 0 saturated heterocycles. The van der Waals surface area contributed by atoms with Gasteiger partial charge in [-0.15, -0.1) is 4.91 Å². The maximum atomic E-state index is 13.1. The molecule has 0 radical (unpaired) electrons. The third-order valence-corrected chi connectivity index (χ3v) is 3.36. The van der Waals surface area contributed by atoms with Gasteiger partial charge in [0.2, 0.25) is 0 Å². The van der Waals surface area contributed by atoms with Crippen LogP contribution >= 0.6 is 27.5 Å². The van der Waals surface area contributed by atoms with Gasteiger partial charge in [0.15, 0.2) is 5.50 Å². The predicted octanol–water partition coefficient (Wildman–Crippen LogP) is 5.38. The van der Waals surface area contributed by atoms with E-state index in [1.54, 1.807) is 30.3 Å². The SMILES string of the molecule is O=NC(Cl)c1ccc(Oc2cc(F)ccc2Br)cc1. The molecule has 2 aromatic rings.